The number of hydrogen-bond acceptors (Lipinski definition) is 7. The van der Waals surface area contributed by atoms with Crippen molar-refractivity contribution < 1.29 is 33.4 Å². The molecule has 1 aliphatic rings. The van der Waals surface area contributed by atoms with Crippen LogP contribution in [0.2, 0.25) is 0 Å². The highest BCUT2D eigenvalue weighted by molar-refractivity contribution is 14.1. The molecule has 0 bridgehead atoms. The Balaban J connectivity index is 1.55. The Hall–Kier alpha value is -4.39. The highest BCUT2D eigenvalue weighted by Gasteiger charge is 2.36. The fraction of sp³-hybridized carbons (Fsp3) is 0.143. The number of nitrogens with one attached hydrogen (secondary N) is 2. The first-order chi connectivity index (χ1) is 18.7. The normalized spacial score (nSPS) is 14.2. The van der Waals surface area contributed by atoms with E-state index in [9.17, 15) is 19.2 Å². The Labute approximate surface area is 238 Å². The molecule has 0 spiro atoms. The number of hydrogen-bond donors (Lipinski definition) is 2. The van der Waals surface area contributed by atoms with Crippen molar-refractivity contribution in [2.75, 3.05) is 31.0 Å². The lowest BCUT2D eigenvalue weighted by Crippen LogP contribution is -2.54. The third kappa shape index (κ3) is 6.20. The smallest absolute Gasteiger partial charge is 0.335 e. The van der Waals surface area contributed by atoms with E-state index in [0.717, 1.165) is 10.5 Å². The second-order valence-electron chi connectivity index (χ2n) is 8.36. The van der Waals surface area contributed by atoms with Crippen molar-refractivity contribution in [1.29, 1.82) is 0 Å². The third-order valence-corrected chi connectivity index (χ3v) is 6.49. The maximum absolute atomic E-state index is 13.2. The van der Waals surface area contributed by atoms with Gasteiger partial charge in [0, 0.05) is 0 Å². The van der Waals surface area contributed by atoms with E-state index in [1.165, 1.54) is 20.3 Å². The molecule has 1 fully saturated rings. The number of carbonyl (C=O) groups excluding carboxylic acids is 4. The largest absolute Gasteiger partial charge is 0.495 e. The average Bonchev–Trinajstić information content (AvgIpc) is 2.91. The number of aryl methyl sites for hydroxylation is 1. The Morgan fingerprint density at radius 3 is 2.38 bits per heavy atom. The van der Waals surface area contributed by atoms with Crippen molar-refractivity contribution in [3.05, 3.63) is 80.9 Å². The SMILES string of the molecule is COc1ccccc1NC(=O)COc1c(I)cc(/C=C2\C(=O)NC(=O)N(c3ccc(C)cc3)C2=O)cc1OC. The van der Waals surface area contributed by atoms with Gasteiger partial charge in [-0.05, 0) is 77.6 Å². The maximum atomic E-state index is 13.2. The standard InChI is InChI=1S/C28H24IN3O7/c1-16-8-10-18(11-9-16)32-27(35)19(26(34)31-28(32)36)12-17-13-20(29)25(23(14-17)38-3)39-15-24(33)30-21-6-4-5-7-22(21)37-2/h4-14H,15H2,1-3H3,(H,30,33)(H,31,34,36)/b19-12+. The van der Waals surface area contributed by atoms with Gasteiger partial charge in [-0.25, -0.2) is 9.69 Å². The molecule has 1 aliphatic heterocycles. The fourth-order valence-electron chi connectivity index (χ4n) is 3.79. The van der Waals surface area contributed by atoms with Crippen LogP contribution in [0.5, 0.6) is 17.2 Å². The van der Waals surface area contributed by atoms with Crippen LogP contribution in [-0.4, -0.2) is 44.6 Å². The van der Waals surface area contributed by atoms with Gasteiger partial charge < -0.3 is 19.5 Å². The van der Waals surface area contributed by atoms with Gasteiger partial charge in [0.05, 0.1) is 29.2 Å². The maximum Gasteiger partial charge on any atom is 0.335 e. The zero-order valence-corrected chi connectivity index (χ0v) is 23.4. The second-order valence-corrected chi connectivity index (χ2v) is 9.53. The van der Waals surface area contributed by atoms with Gasteiger partial charge in [0.2, 0.25) is 0 Å². The van der Waals surface area contributed by atoms with Gasteiger partial charge in [0.25, 0.3) is 17.7 Å². The molecule has 1 saturated heterocycles. The van der Waals surface area contributed by atoms with Gasteiger partial charge in [-0.15, -0.1) is 0 Å². The molecule has 0 saturated carbocycles. The van der Waals surface area contributed by atoms with Crippen molar-refractivity contribution in [2.45, 2.75) is 6.92 Å². The van der Waals surface area contributed by atoms with Gasteiger partial charge in [0.15, 0.2) is 18.1 Å². The zero-order chi connectivity index (χ0) is 28.1. The minimum atomic E-state index is -0.826. The molecule has 11 heteroatoms. The lowest BCUT2D eigenvalue weighted by Gasteiger charge is -2.26. The van der Waals surface area contributed by atoms with Crippen LogP contribution in [0.25, 0.3) is 6.08 Å². The highest BCUT2D eigenvalue weighted by atomic mass is 127. The molecular weight excluding hydrogens is 617 g/mol. The zero-order valence-electron chi connectivity index (χ0n) is 21.2. The topological polar surface area (TPSA) is 123 Å². The molecule has 3 aromatic carbocycles. The number of imide groups is 2. The van der Waals surface area contributed by atoms with E-state index in [1.807, 2.05) is 29.5 Å². The average molecular weight is 641 g/mol. The summed E-state index contributed by atoms with van der Waals surface area (Å²) >= 11 is 2.01. The number of rotatable bonds is 8. The molecule has 39 heavy (non-hydrogen) atoms. The summed E-state index contributed by atoms with van der Waals surface area (Å²) in [5.74, 6) is -0.862. The molecule has 0 atom stereocenters. The van der Waals surface area contributed by atoms with Crippen LogP contribution in [0.3, 0.4) is 0 Å². The lowest BCUT2D eigenvalue weighted by molar-refractivity contribution is -0.122. The van der Waals surface area contributed by atoms with E-state index in [2.05, 4.69) is 10.6 Å². The van der Waals surface area contributed by atoms with E-state index in [-0.39, 0.29) is 17.9 Å². The van der Waals surface area contributed by atoms with Gasteiger partial charge in [-0.1, -0.05) is 29.8 Å². The minimum absolute atomic E-state index is 0.224. The van der Waals surface area contributed by atoms with Crippen LogP contribution in [-0.2, 0) is 14.4 Å². The fourth-order valence-corrected chi connectivity index (χ4v) is 4.57. The second kappa shape index (κ2) is 12.0. The predicted octanol–water partition coefficient (Wildman–Crippen LogP) is 4.30. The molecule has 5 amide bonds. The molecular formula is C28H24IN3O7. The number of methoxy groups -OCH3 is 2. The van der Waals surface area contributed by atoms with E-state index in [0.29, 0.717) is 32.0 Å². The van der Waals surface area contributed by atoms with Gasteiger partial charge in [0.1, 0.15) is 11.3 Å². The predicted molar refractivity (Wildman–Crippen MR) is 153 cm³/mol. The number of nitrogens with zero attached hydrogens (tertiary/aromatic N) is 1. The number of benzene rings is 3. The summed E-state index contributed by atoms with van der Waals surface area (Å²) < 4.78 is 17.0. The van der Waals surface area contributed by atoms with Crippen LogP contribution < -0.4 is 29.7 Å². The molecule has 4 rings (SSSR count). The van der Waals surface area contributed by atoms with E-state index >= 15 is 0 Å². The first-order valence-corrected chi connectivity index (χ1v) is 12.7. The number of para-hydroxylation sites is 2. The first kappa shape index (κ1) is 27.6. The number of halogens is 1. The molecule has 2 N–H and O–H groups in total. The molecule has 200 valence electrons. The molecule has 0 unspecified atom stereocenters. The van der Waals surface area contributed by atoms with E-state index in [1.54, 1.807) is 60.7 Å². The van der Waals surface area contributed by atoms with Gasteiger partial charge in [-0.3, -0.25) is 19.7 Å². The van der Waals surface area contributed by atoms with Crippen molar-refractivity contribution in [3.8, 4) is 17.2 Å². The number of carbonyl (C=O) groups is 4. The quantitative estimate of drug-likeness (QED) is 0.214. The summed E-state index contributed by atoms with van der Waals surface area (Å²) in [6.45, 7) is 1.57. The van der Waals surface area contributed by atoms with E-state index < -0.39 is 23.8 Å². The van der Waals surface area contributed by atoms with Crippen LogP contribution in [0.4, 0.5) is 16.2 Å². The van der Waals surface area contributed by atoms with Crippen LogP contribution >= 0.6 is 22.6 Å². The number of anilines is 2. The molecule has 3 aromatic rings. The van der Waals surface area contributed by atoms with Crippen molar-refractivity contribution >= 4 is 63.8 Å². The summed E-state index contributed by atoms with van der Waals surface area (Å²) in [5.41, 5.74) is 2.03. The summed E-state index contributed by atoms with van der Waals surface area (Å²) in [4.78, 5) is 51.6. The summed E-state index contributed by atoms with van der Waals surface area (Å²) in [5, 5.41) is 4.94. The number of urea groups is 1. The van der Waals surface area contributed by atoms with E-state index in [4.69, 9.17) is 14.2 Å². The Bertz CT molecular complexity index is 1480. The molecule has 1 heterocycles. The van der Waals surface area contributed by atoms with Gasteiger partial charge >= 0.3 is 6.03 Å². The lowest BCUT2D eigenvalue weighted by atomic mass is 10.1. The number of barbiturate groups is 1. The van der Waals surface area contributed by atoms with Crippen LogP contribution in [0.15, 0.2) is 66.2 Å². The first-order valence-electron chi connectivity index (χ1n) is 11.6. The monoisotopic (exact) mass is 641 g/mol. The van der Waals surface area contributed by atoms with Crippen LogP contribution in [0, 0.1) is 10.5 Å². The molecule has 0 aliphatic carbocycles. The molecule has 10 nitrogen and oxygen atoms in total. The Morgan fingerprint density at radius 1 is 1.00 bits per heavy atom. The Morgan fingerprint density at radius 2 is 1.69 bits per heavy atom. The highest BCUT2D eigenvalue weighted by Crippen LogP contribution is 2.35. The molecule has 0 aromatic heterocycles. The minimum Gasteiger partial charge on any atom is -0.495 e. The summed E-state index contributed by atoms with van der Waals surface area (Å²) in [6, 6.07) is 16.2. The number of ether oxygens (including phenoxy) is 3. The van der Waals surface area contributed by atoms with Crippen molar-refractivity contribution in [3.63, 3.8) is 0 Å². The van der Waals surface area contributed by atoms with Gasteiger partial charge in [-0.2, -0.15) is 0 Å². The summed E-state index contributed by atoms with van der Waals surface area (Å²) in [6.07, 6.45) is 1.37. The van der Waals surface area contributed by atoms with Crippen molar-refractivity contribution in [2.24, 2.45) is 0 Å². The van der Waals surface area contributed by atoms with Crippen molar-refractivity contribution in [1.82, 2.24) is 5.32 Å². The van der Waals surface area contributed by atoms with Crippen LogP contribution in [0.1, 0.15) is 11.1 Å². The third-order valence-electron chi connectivity index (χ3n) is 5.69. The summed E-state index contributed by atoms with van der Waals surface area (Å²) in [7, 11) is 2.94. The Kier molecular flexibility index (Phi) is 8.49. The number of amides is 5. The molecule has 0 radical (unpaired) electrons.